The van der Waals surface area contributed by atoms with E-state index in [1.807, 2.05) is 16.7 Å². The Morgan fingerprint density at radius 2 is 1.87 bits per heavy atom. The topological polar surface area (TPSA) is 52.8 Å². The Hall–Kier alpha value is -2.69. The van der Waals surface area contributed by atoms with Crippen LogP contribution in [-0.4, -0.2) is 30.4 Å². The van der Waals surface area contributed by atoms with Gasteiger partial charge < -0.3 is 14.0 Å². The fourth-order valence-electron chi connectivity index (χ4n) is 2.99. The van der Waals surface area contributed by atoms with Gasteiger partial charge >= 0.3 is 0 Å². The second-order valence-corrected chi connectivity index (χ2v) is 8.74. The molecule has 0 unspecified atom stereocenters. The summed E-state index contributed by atoms with van der Waals surface area (Å²) < 4.78 is 13.6. The van der Waals surface area contributed by atoms with Gasteiger partial charge in [0.2, 0.25) is 5.91 Å². The maximum atomic E-state index is 12.5. The van der Waals surface area contributed by atoms with Gasteiger partial charge in [-0.1, -0.05) is 35.0 Å². The Kier molecular flexibility index (Phi) is 7.61. The molecule has 156 valence electrons. The number of thioether (sulfide) groups is 1. The number of hydrogen-bond acceptors (Lipinski definition) is 5. The van der Waals surface area contributed by atoms with Gasteiger partial charge in [-0.25, -0.2) is 0 Å². The molecular formula is C23H24N2O3S2. The fourth-order valence-corrected chi connectivity index (χ4v) is 5.00. The second-order valence-electron chi connectivity index (χ2n) is 6.59. The Balaban J connectivity index is 1.78. The van der Waals surface area contributed by atoms with Gasteiger partial charge in [-0.05, 0) is 43.4 Å². The lowest BCUT2D eigenvalue weighted by molar-refractivity contribution is -0.118. The van der Waals surface area contributed by atoms with E-state index in [1.54, 1.807) is 26.0 Å². The summed E-state index contributed by atoms with van der Waals surface area (Å²) in [5, 5.41) is 0. The Morgan fingerprint density at radius 3 is 2.53 bits per heavy atom. The second kappa shape index (κ2) is 10.4. The lowest BCUT2D eigenvalue weighted by Gasteiger charge is -2.08. The van der Waals surface area contributed by atoms with Crippen LogP contribution in [-0.2, 0) is 11.3 Å². The van der Waals surface area contributed by atoms with E-state index in [1.165, 1.54) is 21.8 Å². The van der Waals surface area contributed by atoms with Crippen LogP contribution in [0.5, 0.6) is 11.5 Å². The number of ether oxygens (including phenoxy) is 2. The highest BCUT2D eigenvalue weighted by Gasteiger charge is 2.16. The minimum atomic E-state index is -0.158. The van der Waals surface area contributed by atoms with Crippen molar-refractivity contribution in [2.75, 3.05) is 20.0 Å². The molecule has 0 radical (unpaired) electrons. The van der Waals surface area contributed by atoms with Gasteiger partial charge in [0, 0.05) is 11.3 Å². The minimum Gasteiger partial charge on any atom is -0.495 e. The third-order valence-corrected chi connectivity index (χ3v) is 6.68. The summed E-state index contributed by atoms with van der Waals surface area (Å²) in [6, 6.07) is 12.1. The standard InChI is InChI=1S/C23H24N2O3S2/c1-5-14-25-21-18(27-3)12-13-19(28-4)22(21)30-23(25)24-20(26)7-6-15-29-17-10-8-16(2)9-11-17/h1,8-13H,6-7,14-15H2,2-4H3. The molecule has 0 saturated heterocycles. The Bertz CT molecular complexity index is 1140. The summed E-state index contributed by atoms with van der Waals surface area (Å²) in [5.41, 5.74) is 2.03. The van der Waals surface area contributed by atoms with Crippen molar-refractivity contribution >= 4 is 39.2 Å². The van der Waals surface area contributed by atoms with Crippen LogP contribution < -0.4 is 14.3 Å². The number of rotatable bonds is 8. The molecule has 0 saturated carbocycles. The number of fused-ring (bicyclic) bond motifs is 1. The third kappa shape index (κ3) is 5.07. The average Bonchev–Trinajstić information content (AvgIpc) is 3.10. The van der Waals surface area contributed by atoms with Crippen LogP contribution in [0.4, 0.5) is 0 Å². The van der Waals surface area contributed by atoms with E-state index in [2.05, 4.69) is 42.1 Å². The molecule has 0 N–H and O–H groups in total. The van der Waals surface area contributed by atoms with E-state index < -0.39 is 0 Å². The maximum Gasteiger partial charge on any atom is 0.248 e. The number of aromatic nitrogens is 1. The van der Waals surface area contributed by atoms with Crippen LogP contribution in [0.3, 0.4) is 0 Å². The number of thiazole rings is 1. The van der Waals surface area contributed by atoms with Crippen molar-refractivity contribution in [3.63, 3.8) is 0 Å². The summed E-state index contributed by atoms with van der Waals surface area (Å²) in [6.07, 6.45) is 6.71. The number of benzene rings is 2. The van der Waals surface area contributed by atoms with Gasteiger partial charge in [0.25, 0.3) is 0 Å². The minimum absolute atomic E-state index is 0.158. The average molecular weight is 441 g/mol. The number of hydrogen-bond donors (Lipinski definition) is 0. The lowest BCUT2D eigenvalue weighted by Crippen LogP contribution is -2.16. The fraction of sp³-hybridized carbons (Fsp3) is 0.304. The first-order chi connectivity index (χ1) is 14.6. The van der Waals surface area contributed by atoms with Crippen molar-refractivity contribution in [1.82, 2.24) is 4.57 Å². The molecule has 0 aliphatic rings. The number of aryl methyl sites for hydroxylation is 1. The SMILES string of the molecule is C#CCn1c(=NC(=O)CCCSc2ccc(C)cc2)sc2c(OC)ccc(OC)c21. The van der Waals surface area contributed by atoms with E-state index in [-0.39, 0.29) is 5.91 Å². The summed E-state index contributed by atoms with van der Waals surface area (Å²) >= 11 is 3.13. The molecule has 1 amide bonds. The quantitative estimate of drug-likeness (QED) is 0.290. The molecule has 3 aromatic rings. The zero-order valence-electron chi connectivity index (χ0n) is 17.3. The highest BCUT2D eigenvalue weighted by Crippen LogP contribution is 2.35. The predicted molar refractivity (Wildman–Crippen MR) is 123 cm³/mol. The first-order valence-electron chi connectivity index (χ1n) is 9.52. The Labute approximate surface area is 184 Å². The Morgan fingerprint density at radius 1 is 1.17 bits per heavy atom. The van der Waals surface area contributed by atoms with E-state index >= 15 is 0 Å². The smallest absolute Gasteiger partial charge is 0.248 e. The first kappa shape index (κ1) is 22.0. The molecular weight excluding hydrogens is 416 g/mol. The number of amides is 1. The summed E-state index contributed by atoms with van der Waals surface area (Å²) in [4.78, 5) is 18.6. The third-order valence-electron chi connectivity index (χ3n) is 4.49. The maximum absolute atomic E-state index is 12.5. The molecule has 1 heterocycles. The number of terminal acetylenes is 1. The van der Waals surface area contributed by atoms with Crippen LogP contribution in [0.15, 0.2) is 46.3 Å². The van der Waals surface area contributed by atoms with Crippen LogP contribution in [0, 0.1) is 19.3 Å². The monoisotopic (exact) mass is 440 g/mol. The van der Waals surface area contributed by atoms with Crippen molar-refractivity contribution in [1.29, 1.82) is 0 Å². The van der Waals surface area contributed by atoms with Crippen molar-refractivity contribution in [2.24, 2.45) is 4.99 Å². The number of carbonyl (C=O) groups excluding carboxylic acids is 1. The van der Waals surface area contributed by atoms with Crippen LogP contribution in [0.1, 0.15) is 18.4 Å². The van der Waals surface area contributed by atoms with Crippen LogP contribution in [0.25, 0.3) is 10.2 Å². The molecule has 2 aromatic carbocycles. The number of methoxy groups -OCH3 is 2. The van der Waals surface area contributed by atoms with Crippen LogP contribution in [0.2, 0.25) is 0 Å². The molecule has 30 heavy (non-hydrogen) atoms. The van der Waals surface area contributed by atoms with Gasteiger partial charge in [0.05, 0.1) is 20.8 Å². The van der Waals surface area contributed by atoms with Crippen molar-refractivity contribution in [3.8, 4) is 23.8 Å². The van der Waals surface area contributed by atoms with E-state index in [9.17, 15) is 4.79 Å². The zero-order chi connectivity index (χ0) is 21.5. The molecule has 0 fully saturated rings. The van der Waals surface area contributed by atoms with E-state index in [0.717, 1.165) is 22.4 Å². The molecule has 1 aromatic heterocycles. The van der Waals surface area contributed by atoms with Crippen molar-refractivity contribution < 1.29 is 14.3 Å². The molecule has 0 atom stereocenters. The van der Waals surface area contributed by atoms with Gasteiger partial charge in [0.15, 0.2) is 4.80 Å². The first-order valence-corrected chi connectivity index (χ1v) is 11.3. The number of nitrogens with zero attached hydrogens (tertiary/aromatic N) is 2. The van der Waals surface area contributed by atoms with Crippen molar-refractivity contribution in [3.05, 3.63) is 46.8 Å². The highest BCUT2D eigenvalue weighted by molar-refractivity contribution is 7.99. The molecule has 0 bridgehead atoms. The van der Waals surface area contributed by atoms with Crippen LogP contribution >= 0.6 is 23.1 Å². The summed E-state index contributed by atoms with van der Waals surface area (Å²) in [6.45, 7) is 2.36. The van der Waals surface area contributed by atoms with E-state index in [0.29, 0.717) is 29.3 Å². The van der Waals surface area contributed by atoms with Gasteiger partial charge in [-0.2, -0.15) is 4.99 Å². The van der Waals surface area contributed by atoms with Gasteiger partial charge in [-0.3, -0.25) is 4.79 Å². The summed E-state index contributed by atoms with van der Waals surface area (Å²) in [5.74, 6) is 4.71. The molecule has 3 rings (SSSR count). The molecule has 7 heteroatoms. The summed E-state index contributed by atoms with van der Waals surface area (Å²) in [7, 11) is 3.22. The normalized spacial score (nSPS) is 11.5. The van der Waals surface area contributed by atoms with E-state index in [4.69, 9.17) is 15.9 Å². The highest BCUT2D eigenvalue weighted by atomic mass is 32.2. The predicted octanol–water partition coefficient (Wildman–Crippen LogP) is 4.66. The molecule has 0 aliphatic carbocycles. The molecule has 0 aliphatic heterocycles. The lowest BCUT2D eigenvalue weighted by atomic mass is 10.2. The molecule has 5 nitrogen and oxygen atoms in total. The number of carbonyl (C=O) groups is 1. The van der Waals surface area contributed by atoms with Gasteiger partial charge in [0.1, 0.15) is 21.7 Å². The zero-order valence-corrected chi connectivity index (χ0v) is 18.9. The molecule has 0 spiro atoms. The largest absolute Gasteiger partial charge is 0.495 e. The van der Waals surface area contributed by atoms with Gasteiger partial charge in [-0.15, -0.1) is 18.2 Å². The van der Waals surface area contributed by atoms with Crippen molar-refractivity contribution in [2.45, 2.75) is 31.2 Å².